The van der Waals surface area contributed by atoms with Crippen LogP contribution in [-0.2, 0) is 0 Å². The molecule has 0 bridgehead atoms. The van der Waals surface area contributed by atoms with Gasteiger partial charge in [-0.3, -0.25) is 4.79 Å². The van der Waals surface area contributed by atoms with E-state index in [-0.39, 0.29) is 17.2 Å². The lowest BCUT2D eigenvalue weighted by Crippen LogP contribution is -2.03. The Morgan fingerprint density at radius 1 is 1.06 bits per heavy atom. The first-order chi connectivity index (χ1) is 8.47. The molecule has 0 saturated heterocycles. The summed E-state index contributed by atoms with van der Waals surface area (Å²) < 4.78 is 26.8. The molecule has 92 valence electrons. The van der Waals surface area contributed by atoms with Crippen molar-refractivity contribution in [3.05, 3.63) is 69.2 Å². The van der Waals surface area contributed by atoms with Gasteiger partial charge in [0.1, 0.15) is 11.6 Å². The summed E-state index contributed by atoms with van der Waals surface area (Å²) in [6, 6.07) is 8.04. The van der Waals surface area contributed by atoms with E-state index in [0.717, 1.165) is 6.07 Å². The van der Waals surface area contributed by atoms with Crippen molar-refractivity contribution in [1.29, 1.82) is 0 Å². The Balaban J connectivity index is 2.44. The third-order valence-electron chi connectivity index (χ3n) is 2.54. The lowest BCUT2D eigenvalue weighted by Gasteiger charge is -2.04. The summed E-state index contributed by atoms with van der Waals surface area (Å²) in [4.78, 5) is 12.1. The fourth-order valence-electron chi connectivity index (χ4n) is 1.64. The first kappa shape index (κ1) is 12.9. The predicted molar refractivity (Wildman–Crippen MR) is 68.7 cm³/mol. The zero-order valence-electron chi connectivity index (χ0n) is 9.51. The number of halogens is 3. The van der Waals surface area contributed by atoms with Gasteiger partial charge in [0, 0.05) is 15.6 Å². The summed E-state index contributed by atoms with van der Waals surface area (Å²) in [5, 5.41) is 0. The number of carbonyl (C=O) groups is 1. The summed E-state index contributed by atoms with van der Waals surface area (Å²) in [6.07, 6.45) is 0. The maximum absolute atomic E-state index is 13.2. The molecule has 0 spiro atoms. The molecule has 0 fully saturated rings. The van der Waals surface area contributed by atoms with Crippen molar-refractivity contribution < 1.29 is 13.6 Å². The van der Waals surface area contributed by atoms with Crippen LogP contribution in [0.15, 0.2) is 40.9 Å². The molecule has 0 aromatic heterocycles. The molecule has 2 aromatic rings. The van der Waals surface area contributed by atoms with E-state index in [1.807, 2.05) is 0 Å². The number of carbonyl (C=O) groups excluding carboxylic acids is 1. The molecule has 4 heteroatoms. The number of hydrogen-bond acceptors (Lipinski definition) is 1. The SMILES string of the molecule is Cc1cc(C(=O)c2cc(F)cc(Br)c2)ccc1F. The molecular weight excluding hydrogens is 302 g/mol. The molecule has 1 nitrogen and oxygen atoms in total. The summed E-state index contributed by atoms with van der Waals surface area (Å²) in [5.41, 5.74) is 0.954. The molecule has 0 amide bonds. The molecule has 0 atom stereocenters. The Morgan fingerprint density at radius 2 is 1.78 bits per heavy atom. The van der Waals surface area contributed by atoms with Gasteiger partial charge in [0.25, 0.3) is 0 Å². The van der Waals surface area contributed by atoms with Crippen LogP contribution in [-0.4, -0.2) is 5.78 Å². The molecular formula is C14H9BrF2O. The maximum atomic E-state index is 13.2. The van der Waals surface area contributed by atoms with E-state index >= 15 is 0 Å². The fraction of sp³-hybridized carbons (Fsp3) is 0.0714. The lowest BCUT2D eigenvalue weighted by atomic mass is 10.0. The minimum absolute atomic E-state index is 0.230. The van der Waals surface area contributed by atoms with Crippen LogP contribution in [0.1, 0.15) is 21.5 Å². The van der Waals surface area contributed by atoms with Crippen molar-refractivity contribution in [3.63, 3.8) is 0 Å². The van der Waals surface area contributed by atoms with E-state index < -0.39 is 5.82 Å². The van der Waals surface area contributed by atoms with Crippen molar-refractivity contribution in [2.45, 2.75) is 6.92 Å². The van der Waals surface area contributed by atoms with Gasteiger partial charge >= 0.3 is 0 Å². The van der Waals surface area contributed by atoms with Gasteiger partial charge in [-0.1, -0.05) is 15.9 Å². The topological polar surface area (TPSA) is 17.1 Å². The monoisotopic (exact) mass is 310 g/mol. The average molecular weight is 311 g/mol. The van der Waals surface area contributed by atoms with Crippen molar-refractivity contribution >= 4 is 21.7 Å². The second-order valence-corrected chi connectivity index (χ2v) is 4.87. The summed E-state index contributed by atoms with van der Waals surface area (Å²) in [5.74, 6) is -1.20. The second kappa shape index (κ2) is 4.98. The molecule has 18 heavy (non-hydrogen) atoms. The van der Waals surface area contributed by atoms with Crippen LogP contribution in [0.3, 0.4) is 0 Å². The van der Waals surface area contributed by atoms with Crippen molar-refractivity contribution in [2.75, 3.05) is 0 Å². The van der Waals surface area contributed by atoms with Gasteiger partial charge in [0.05, 0.1) is 0 Å². The summed E-state index contributed by atoms with van der Waals surface area (Å²) in [6.45, 7) is 1.58. The van der Waals surface area contributed by atoms with E-state index in [1.54, 1.807) is 6.92 Å². The van der Waals surface area contributed by atoms with Gasteiger partial charge in [-0.2, -0.15) is 0 Å². The molecule has 0 aliphatic heterocycles. The normalized spacial score (nSPS) is 10.4. The van der Waals surface area contributed by atoms with Crippen LogP contribution >= 0.6 is 15.9 Å². The van der Waals surface area contributed by atoms with Gasteiger partial charge < -0.3 is 0 Å². The minimum Gasteiger partial charge on any atom is -0.289 e. The quantitative estimate of drug-likeness (QED) is 0.757. The van der Waals surface area contributed by atoms with Crippen molar-refractivity contribution in [2.24, 2.45) is 0 Å². The standard InChI is InChI=1S/C14H9BrF2O/c1-8-4-9(2-3-13(8)17)14(18)10-5-11(15)7-12(16)6-10/h2-7H,1H3. The third-order valence-corrected chi connectivity index (χ3v) is 3.00. The van der Waals surface area contributed by atoms with E-state index in [4.69, 9.17) is 0 Å². The van der Waals surface area contributed by atoms with Crippen LogP contribution in [0.5, 0.6) is 0 Å². The molecule has 0 aliphatic rings. The highest BCUT2D eigenvalue weighted by Crippen LogP contribution is 2.19. The Hall–Kier alpha value is -1.55. The Bertz CT molecular complexity index is 603. The highest BCUT2D eigenvalue weighted by molar-refractivity contribution is 9.10. The van der Waals surface area contributed by atoms with Gasteiger partial charge in [-0.05, 0) is 48.9 Å². The van der Waals surface area contributed by atoms with Crippen LogP contribution in [0.4, 0.5) is 8.78 Å². The Morgan fingerprint density at radius 3 is 2.39 bits per heavy atom. The highest BCUT2D eigenvalue weighted by atomic mass is 79.9. The molecule has 0 saturated carbocycles. The van der Waals surface area contributed by atoms with Crippen LogP contribution in [0.2, 0.25) is 0 Å². The molecule has 0 unspecified atom stereocenters. The fourth-order valence-corrected chi connectivity index (χ4v) is 2.10. The van der Waals surface area contributed by atoms with E-state index in [1.165, 1.54) is 30.3 Å². The van der Waals surface area contributed by atoms with E-state index in [0.29, 0.717) is 15.6 Å². The lowest BCUT2D eigenvalue weighted by molar-refractivity contribution is 0.103. The Kier molecular flexibility index (Phi) is 3.57. The minimum atomic E-state index is -0.494. The zero-order chi connectivity index (χ0) is 13.3. The maximum Gasteiger partial charge on any atom is 0.193 e. The predicted octanol–water partition coefficient (Wildman–Crippen LogP) is 4.27. The molecule has 2 rings (SSSR count). The molecule has 2 aromatic carbocycles. The first-order valence-corrected chi connectivity index (χ1v) is 6.03. The van der Waals surface area contributed by atoms with Crippen LogP contribution < -0.4 is 0 Å². The number of ketones is 1. The molecule has 0 aliphatic carbocycles. The summed E-state index contributed by atoms with van der Waals surface area (Å²) >= 11 is 3.13. The summed E-state index contributed by atoms with van der Waals surface area (Å²) in [7, 11) is 0. The number of rotatable bonds is 2. The largest absolute Gasteiger partial charge is 0.289 e. The smallest absolute Gasteiger partial charge is 0.193 e. The van der Waals surface area contributed by atoms with E-state index in [2.05, 4.69) is 15.9 Å². The molecule has 0 N–H and O–H groups in total. The Labute approximate surface area is 112 Å². The first-order valence-electron chi connectivity index (χ1n) is 5.24. The van der Waals surface area contributed by atoms with Crippen LogP contribution in [0, 0.1) is 18.6 Å². The zero-order valence-corrected chi connectivity index (χ0v) is 11.1. The molecule has 0 heterocycles. The second-order valence-electron chi connectivity index (χ2n) is 3.95. The van der Waals surface area contributed by atoms with E-state index in [9.17, 15) is 13.6 Å². The average Bonchev–Trinajstić information content (AvgIpc) is 2.30. The van der Waals surface area contributed by atoms with Crippen LogP contribution in [0.25, 0.3) is 0 Å². The van der Waals surface area contributed by atoms with Gasteiger partial charge in [0.2, 0.25) is 0 Å². The highest BCUT2D eigenvalue weighted by Gasteiger charge is 2.12. The van der Waals surface area contributed by atoms with Crippen molar-refractivity contribution in [3.8, 4) is 0 Å². The van der Waals surface area contributed by atoms with Gasteiger partial charge in [-0.15, -0.1) is 0 Å². The number of hydrogen-bond donors (Lipinski definition) is 0. The third kappa shape index (κ3) is 2.64. The molecule has 0 radical (unpaired) electrons. The number of aryl methyl sites for hydroxylation is 1. The van der Waals surface area contributed by atoms with Gasteiger partial charge in [-0.25, -0.2) is 8.78 Å². The number of benzene rings is 2. The van der Waals surface area contributed by atoms with Gasteiger partial charge in [0.15, 0.2) is 5.78 Å². The van der Waals surface area contributed by atoms with Crippen molar-refractivity contribution in [1.82, 2.24) is 0 Å².